The zero-order chi connectivity index (χ0) is 30.7. The molecule has 0 aliphatic carbocycles. The van der Waals surface area contributed by atoms with E-state index in [1.54, 1.807) is 66.7 Å². The number of unbranched alkanes of at least 4 members (excludes halogenated alkanes) is 3. The molecule has 0 bridgehead atoms. The van der Waals surface area contributed by atoms with Crippen LogP contribution in [0.4, 0.5) is 0 Å². The van der Waals surface area contributed by atoms with Crippen LogP contribution in [0, 0.1) is 0 Å². The summed E-state index contributed by atoms with van der Waals surface area (Å²) in [6.07, 6.45) is 6.74. The Kier molecular flexibility index (Phi) is 14.0. The zero-order valence-electron chi connectivity index (χ0n) is 24.5. The Hall–Kier alpha value is -4.92. The average Bonchev–Trinajstić information content (AvgIpc) is 3.03. The number of esters is 2. The fourth-order valence-electron chi connectivity index (χ4n) is 3.81. The van der Waals surface area contributed by atoms with Crippen LogP contribution in [0.25, 0.3) is 0 Å². The molecule has 0 aliphatic heterocycles. The lowest BCUT2D eigenvalue weighted by Gasteiger charge is -2.13. The Labute approximate surface area is 252 Å². The van der Waals surface area contributed by atoms with E-state index < -0.39 is 11.9 Å². The molecular weight excluding hydrogens is 552 g/mol. The van der Waals surface area contributed by atoms with Crippen LogP contribution in [-0.4, -0.2) is 38.7 Å². The summed E-state index contributed by atoms with van der Waals surface area (Å²) in [5.74, 6) is 2.14. The first-order valence-corrected chi connectivity index (χ1v) is 14.1. The Morgan fingerprint density at radius 1 is 0.698 bits per heavy atom. The van der Waals surface area contributed by atoms with Crippen LogP contribution in [0.15, 0.2) is 92.2 Å². The standard InChI is InChI=1S/C34H38O9/c1-4-26-23-31(19-20-32(26)42-25-41-30-17-15-29(16-18-30)40-24-37-6-3)43-34(36)27-11-13-28(14-12-27)38-21-9-7-8-10-22-39-33(35)5-2/h5-6,11-20,23H,2-4,7-10,21-22,24-25H2,1H3. The second kappa shape index (κ2) is 18.5. The number of aryl methyl sites for hydroxylation is 1. The summed E-state index contributed by atoms with van der Waals surface area (Å²) in [4.78, 5) is 23.7. The average molecular weight is 591 g/mol. The maximum absolute atomic E-state index is 12.7. The molecule has 0 saturated carbocycles. The van der Waals surface area contributed by atoms with E-state index in [9.17, 15) is 9.59 Å². The molecule has 0 amide bonds. The van der Waals surface area contributed by atoms with Gasteiger partial charge >= 0.3 is 11.9 Å². The molecule has 0 fully saturated rings. The predicted octanol–water partition coefficient (Wildman–Crippen LogP) is 7.05. The zero-order valence-corrected chi connectivity index (χ0v) is 24.5. The third-order valence-electron chi connectivity index (χ3n) is 6.11. The van der Waals surface area contributed by atoms with Gasteiger partial charge in [-0.25, -0.2) is 9.59 Å². The van der Waals surface area contributed by atoms with Crippen molar-refractivity contribution >= 4 is 11.9 Å². The van der Waals surface area contributed by atoms with Crippen molar-refractivity contribution in [2.24, 2.45) is 0 Å². The van der Waals surface area contributed by atoms with E-state index in [4.69, 9.17) is 33.2 Å². The van der Waals surface area contributed by atoms with Gasteiger partial charge in [0.25, 0.3) is 0 Å². The number of carbonyl (C=O) groups excluding carboxylic acids is 2. The van der Waals surface area contributed by atoms with Crippen molar-refractivity contribution in [3.05, 3.63) is 103 Å². The van der Waals surface area contributed by atoms with Crippen LogP contribution >= 0.6 is 0 Å². The van der Waals surface area contributed by atoms with Crippen molar-refractivity contribution in [2.75, 3.05) is 26.8 Å². The third-order valence-corrected chi connectivity index (χ3v) is 6.11. The number of hydrogen-bond donors (Lipinski definition) is 0. The summed E-state index contributed by atoms with van der Waals surface area (Å²) in [5, 5.41) is 0. The van der Waals surface area contributed by atoms with Gasteiger partial charge in [0, 0.05) is 6.08 Å². The summed E-state index contributed by atoms with van der Waals surface area (Å²) in [7, 11) is 0. The quantitative estimate of drug-likeness (QED) is 0.0342. The minimum Gasteiger partial charge on any atom is -0.494 e. The number of carbonyl (C=O) groups is 2. The molecule has 0 atom stereocenters. The summed E-state index contributed by atoms with van der Waals surface area (Å²) in [5.41, 5.74) is 1.29. The van der Waals surface area contributed by atoms with Crippen LogP contribution in [0.2, 0.25) is 0 Å². The first-order chi connectivity index (χ1) is 21.0. The molecule has 0 radical (unpaired) electrons. The monoisotopic (exact) mass is 590 g/mol. The van der Waals surface area contributed by atoms with Crippen LogP contribution in [-0.2, 0) is 20.7 Å². The van der Waals surface area contributed by atoms with Gasteiger partial charge in [0.05, 0.1) is 25.0 Å². The Morgan fingerprint density at radius 2 is 1.30 bits per heavy atom. The fraction of sp³-hybridized carbons (Fsp3) is 0.294. The van der Waals surface area contributed by atoms with E-state index in [0.717, 1.165) is 37.3 Å². The molecule has 0 saturated heterocycles. The topological polar surface area (TPSA) is 98.8 Å². The minimum atomic E-state index is -0.466. The summed E-state index contributed by atoms with van der Waals surface area (Å²) < 4.78 is 38.1. The maximum Gasteiger partial charge on any atom is 0.343 e. The van der Waals surface area contributed by atoms with Gasteiger partial charge in [-0.2, -0.15) is 0 Å². The lowest BCUT2D eigenvalue weighted by atomic mass is 10.1. The molecular formula is C34H38O9. The minimum absolute atomic E-state index is 0.00750. The highest BCUT2D eigenvalue weighted by Gasteiger charge is 2.12. The predicted molar refractivity (Wildman–Crippen MR) is 162 cm³/mol. The van der Waals surface area contributed by atoms with Crippen LogP contribution in [0.1, 0.15) is 48.5 Å². The summed E-state index contributed by atoms with van der Waals surface area (Å²) in [6, 6.07) is 19.1. The number of hydrogen-bond acceptors (Lipinski definition) is 9. The highest BCUT2D eigenvalue weighted by molar-refractivity contribution is 5.91. The van der Waals surface area contributed by atoms with Crippen molar-refractivity contribution in [1.82, 2.24) is 0 Å². The fourth-order valence-corrected chi connectivity index (χ4v) is 3.81. The Bertz CT molecular complexity index is 1300. The smallest absolute Gasteiger partial charge is 0.343 e. The SMILES string of the molecule is C=COCOc1ccc(OCOc2ccc(OC(=O)c3ccc(OCCCCCCOC(=O)C=C)cc3)cc2CC)cc1. The first kappa shape index (κ1) is 32.6. The normalized spacial score (nSPS) is 10.3. The van der Waals surface area contributed by atoms with Crippen molar-refractivity contribution in [2.45, 2.75) is 39.0 Å². The molecule has 0 aliphatic rings. The first-order valence-electron chi connectivity index (χ1n) is 14.1. The molecule has 0 aromatic heterocycles. The van der Waals surface area contributed by atoms with E-state index in [1.807, 2.05) is 6.92 Å². The lowest BCUT2D eigenvalue weighted by Crippen LogP contribution is -2.10. The third kappa shape index (κ3) is 11.8. The number of rotatable bonds is 20. The summed E-state index contributed by atoms with van der Waals surface area (Å²) in [6.45, 7) is 9.86. The van der Waals surface area contributed by atoms with E-state index >= 15 is 0 Å². The summed E-state index contributed by atoms with van der Waals surface area (Å²) >= 11 is 0. The van der Waals surface area contributed by atoms with E-state index in [-0.39, 0.29) is 13.6 Å². The molecule has 9 nitrogen and oxygen atoms in total. The molecule has 3 aromatic carbocycles. The molecule has 228 valence electrons. The van der Waals surface area contributed by atoms with Gasteiger partial charge in [0.15, 0.2) is 0 Å². The molecule has 0 unspecified atom stereocenters. The van der Waals surface area contributed by atoms with Gasteiger partial charge in [-0.05, 0) is 104 Å². The molecule has 43 heavy (non-hydrogen) atoms. The van der Waals surface area contributed by atoms with Crippen molar-refractivity contribution < 1.29 is 42.7 Å². The Morgan fingerprint density at radius 3 is 1.95 bits per heavy atom. The highest BCUT2D eigenvalue weighted by atomic mass is 16.7. The molecule has 3 aromatic rings. The van der Waals surface area contributed by atoms with Crippen LogP contribution in [0.5, 0.6) is 28.7 Å². The van der Waals surface area contributed by atoms with Gasteiger partial charge in [0.1, 0.15) is 28.7 Å². The molecule has 0 spiro atoms. The van der Waals surface area contributed by atoms with Gasteiger partial charge in [0.2, 0.25) is 13.6 Å². The van der Waals surface area contributed by atoms with Gasteiger partial charge in [-0.1, -0.05) is 20.1 Å². The number of benzene rings is 3. The van der Waals surface area contributed by atoms with E-state index in [2.05, 4.69) is 13.2 Å². The van der Waals surface area contributed by atoms with Crippen molar-refractivity contribution in [3.8, 4) is 28.7 Å². The second-order valence-electron chi connectivity index (χ2n) is 9.14. The van der Waals surface area contributed by atoms with Crippen LogP contribution < -0.4 is 23.7 Å². The molecule has 0 N–H and O–H groups in total. The van der Waals surface area contributed by atoms with Crippen LogP contribution in [0.3, 0.4) is 0 Å². The second-order valence-corrected chi connectivity index (χ2v) is 9.14. The largest absolute Gasteiger partial charge is 0.494 e. The van der Waals surface area contributed by atoms with Gasteiger partial charge < -0.3 is 33.2 Å². The Balaban J connectivity index is 1.39. The van der Waals surface area contributed by atoms with Crippen molar-refractivity contribution in [3.63, 3.8) is 0 Å². The highest BCUT2D eigenvalue weighted by Crippen LogP contribution is 2.26. The molecule has 0 heterocycles. The van der Waals surface area contributed by atoms with Crippen molar-refractivity contribution in [1.29, 1.82) is 0 Å². The van der Waals surface area contributed by atoms with E-state index in [1.165, 1.54) is 6.26 Å². The molecule has 9 heteroatoms. The number of ether oxygens (including phenoxy) is 7. The molecule has 3 rings (SSSR count). The van der Waals surface area contributed by atoms with E-state index in [0.29, 0.717) is 53.9 Å². The van der Waals surface area contributed by atoms with Gasteiger partial charge in [-0.3, -0.25) is 0 Å². The van der Waals surface area contributed by atoms with Gasteiger partial charge in [-0.15, -0.1) is 0 Å². The maximum atomic E-state index is 12.7. The lowest BCUT2D eigenvalue weighted by molar-refractivity contribution is -0.137.